The number of carbonyl (C=O) groups is 2. The Morgan fingerprint density at radius 1 is 1.50 bits per heavy atom. The summed E-state index contributed by atoms with van der Waals surface area (Å²) in [6.07, 6.45) is 0. The van der Waals surface area contributed by atoms with Gasteiger partial charge in [0.05, 0.1) is 0 Å². The van der Waals surface area contributed by atoms with Crippen LogP contribution < -0.4 is 5.32 Å². The van der Waals surface area contributed by atoms with Gasteiger partial charge in [0.15, 0.2) is 0 Å². The monoisotopic (exact) mass is 174 g/mol. The van der Waals surface area contributed by atoms with E-state index >= 15 is 0 Å². The summed E-state index contributed by atoms with van der Waals surface area (Å²) in [5.41, 5.74) is 0. The molecule has 0 aliphatic carbocycles. The van der Waals surface area contributed by atoms with Crippen LogP contribution in [0.5, 0.6) is 0 Å². The topological polar surface area (TPSA) is 69.6 Å². The summed E-state index contributed by atoms with van der Waals surface area (Å²) >= 11 is 0. The quantitative estimate of drug-likeness (QED) is 0.546. The number of carbonyl (C=O) groups excluding carboxylic acids is 1. The van der Waals surface area contributed by atoms with Gasteiger partial charge >= 0.3 is 11.9 Å². The molecule has 5 heteroatoms. The first-order valence-corrected chi connectivity index (χ1v) is 3.62. The fourth-order valence-electron chi connectivity index (χ4n) is 0.879. The molecule has 0 radical (unpaired) electrons. The van der Waals surface area contributed by atoms with Gasteiger partial charge in [-0.2, -0.15) is 0 Å². The van der Waals surface area contributed by atoms with E-state index in [1.54, 1.807) is 6.92 Å². The number of hydrogen-bond acceptors (Lipinski definition) is 3. The Bertz CT molecular complexity index is 179. The molecule has 0 aromatic heterocycles. The summed E-state index contributed by atoms with van der Waals surface area (Å²) in [5.74, 6) is -2.40. The van der Waals surface area contributed by atoms with Crippen molar-refractivity contribution >= 4 is 11.9 Å². The van der Waals surface area contributed by atoms with Gasteiger partial charge in [0.1, 0.15) is 0 Å². The maximum atomic E-state index is 10.6. The van der Waals surface area contributed by atoms with E-state index in [1.165, 1.54) is 0 Å². The summed E-state index contributed by atoms with van der Waals surface area (Å²) in [6, 6.07) is -0.149. The lowest BCUT2D eigenvalue weighted by molar-refractivity contribution is -0.150. The minimum absolute atomic E-state index is 0.149. The lowest BCUT2D eigenvalue weighted by atomic mass is 10.3. The molecule has 70 valence electrons. The van der Waals surface area contributed by atoms with Crippen LogP contribution in [0.3, 0.4) is 0 Å². The highest BCUT2D eigenvalue weighted by Gasteiger charge is 2.13. The third kappa shape index (κ3) is 4.68. The lowest BCUT2D eigenvalue weighted by Crippen LogP contribution is -2.42. The van der Waals surface area contributed by atoms with Gasteiger partial charge in [0.25, 0.3) is 0 Å². The molecular formula is C7H14N2O3. The van der Waals surface area contributed by atoms with E-state index in [9.17, 15) is 9.59 Å². The third-order valence-corrected chi connectivity index (χ3v) is 1.21. The van der Waals surface area contributed by atoms with Gasteiger partial charge in [-0.25, -0.2) is 4.79 Å². The standard InChI is InChI=1S/C7H14N2O3/c1-5(4-9(2)3)8-6(10)7(11)12/h5H,4H2,1-3H3,(H,8,10)(H,11,12). The molecule has 0 aromatic carbocycles. The zero-order chi connectivity index (χ0) is 9.72. The summed E-state index contributed by atoms with van der Waals surface area (Å²) in [6.45, 7) is 2.37. The van der Waals surface area contributed by atoms with Crippen molar-refractivity contribution in [3.05, 3.63) is 0 Å². The summed E-state index contributed by atoms with van der Waals surface area (Å²) in [7, 11) is 3.70. The Hall–Kier alpha value is -1.10. The second-order valence-corrected chi connectivity index (χ2v) is 2.94. The molecule has 2 N–H and O–H groups in total. The number of nitrogens with one attached hydrogen (secondary N) is 1. The lowest BCUT2D eigenvalue weighted by Gasteiger charge is -2.16. The number of carboxylic acids is 1. The predicted octanol–water partition coefficient (Wildman–Crippen LogP) is -0.863. The van der Waals surface area contributed by atoms with E-state index in [4.69, 9.17) is 5.11 Å². The molecule has 12 heavy (non-hydrogen) atoms. The van der Waals surface area contributed by atoms with Gasteiger partial charge in [-0.15, -0.1) is 0 Å². The second-order valence-electron chi connectivity index (χ2n) is 2.94. The molecule has 0 fully saturated rings. The maximum absolute atomic E-state index is 10.6. The van der Waals surface area contributed by atoms with Crippen molar-refractivity contribution in [1.82, 2.24) is 10.2 Å². The number of amides is 1. The molecule has 0 bridgehead atoms. The molecule has 5 nitrogen and oxygen atoms in total. The first-order chi connectivity index (χ1) is 5.43. The van der Waals surface area contributed by atoms with E-state index in [2.05, 4.69) is 5.32 Å². The normalized spacial score (nSPS) is 12.7. The SMILES string of the molecule is CC(CN(C)C)NC(=O)C(=O)O. The highest BCUT2D eigenvalue weighted by molar-refractivity contribution is 6.31. The van der Waals surface area contributed by atoms with Gasteiger partial charge in [0, 0.05) is 12.6 Å². The largest absolute Gasteiger partial charge is 0.474 e. The number of aliphatic carboxylic acids is 1. The smallest absolute Gasteiger partial charge is 0.394 e. The van der Waals surface area contributed by atoms with Crippen LogP contribution in [-0.2, 0) is 9.59 Å². The first kappa shape index (κ1) is 10.9. The molecule has 1 atom stereocenters. The zero-order valence-electron chi connectivity index (χ0n) is 7.50. The van der Waals surface area contributed by atoms with Gasteiger partial charge in [-0.1, -0.05) is 0 Å². The van der Waals surface area contributed by atoms with Crippen molar-refractivity contribution in [2.75, 3.05) is 20.6 Å². The van der Waals surface area contributed by atoms with Crippen LogP contribution in [0.2, 0.25) is 0 Å². The molecule has 0 aliphatic heterocycles. The molecule has 1 unspecified atom stereocenters. The Kier molecular flexibility index (Phi) is 4.28. The van der Waals surface area contributed by atoms with Crippen LogP contribution in [0.4, 0.5) is 0 Å². The van der Waals surface area contributed by atoms with E-state index in [1.807, 2.05) is 19.0 Å². The van der Waals surface area contributed by atoms with Crippen molar-refractivity contribution in [2.24, 2.45) is 0 Å². The van der Waals surface area contributed by atoms with Crippen LogP contribution in [0.25, 0.3) is 0 Å². The number of hydrogen-bond donors (Lipinski definition) is 2. The molecule has 0 rings (SSSR count). The van der Waals surface area contributed by atoms with Crippen molar-refractivity contribution in [1.29, 1.82) is 0 Å². The average Bonchev–Trinajstić information content (AvgIpc) is 1.84. The first-order valence-electron chi connectivity index (χ1n) is 3.62. The van der Waals surface area contributed by atoms with Gasteiger partial charge in [0.2, 0.25) is 0 Å². The molecule has 0 saturated heterocycles. The summed E-state index contributed by atoms with van der Waals surface area (Å²) in [5, 5.41) is 10.6. The zero-order valence-corrected chi connectivity index (χ0v) is 7.50. The fraction of sp³-hybridized carbons (Fsp3) is 0.714. The highest BCUT2D eigenvalue weighted by Crippen LogP contribution is 1.84. The molecule has 0 aromatic rings. The van der Waals surface area contributed by atoms with Crippen LogP contribution in [0.15, 0.2) is 0 Å². The van der Waals surface area contributed by atoms with Crippen molar-refractivity contribution < 1.29 is 14.7 Å². The minimum Gasteiger partial charge on any atom is -0.474 e. The van der Waals surface area contributed by atoms with Crippen LogP contribution in [0.1, 0.15) is 6.92 Å². The Morgan fingerprint density at radius 2 is 2.00 bits per heavy atom. The molecule has 0 aliphatic rings. The van der Waals surface area contributed by atoms with Crippen molar-refractivity contribution in [3.8, 4) is 0 Å². The molecule has 0 spiro atoms. The Labute approximate surface area is 71.4 Å². The number of nitrogens with zero attached hydrogens (tertiary/aromatic N) is 1. The van der Waals surface area contributed by atoms with E-state index in [0.717, 1.165) is 0 Å². The van der Waals surface area contributed by atoms with E-state index < -0.39 is 11.9 Å². The number of rotatable bonds is 3. The van der Waals surface area contributed by atoms with E-state index in [-0.39, 0.29) is 6.04 Å². The Morgan fingerprint density at radius 3 is 2.33 bits per heavy atom. The van der Waals surface area contributed by atoms with Gasteiger partial charge < -0.3 is 15.3 Å². The molecule has 0 heterocycles. The average molecular weight is 174 g/mol. The van der Waals surface area contributed by atoms with E-state index in [0.29, 0.717) is 6.54 Å². The van der Waals surface area contributed by atoms with Crippen LogP contribution >= 0.6 is 0 Å². The van der Waals surface area contributed by atoms with Gasteiger partial charge in [-0.3, -0.25) is 4.79 Å². The number of likely N-dealkylation sites (N-methyl/N-ethyl adjacent to an activating group) is 1. The van der Waals surface area contributed by atoms with Crippen molar-refractivity contribution in [2.45, 2.75) is 13.0 Å². The summed E-state index contributed by atoms with van der Waals surface area (Å²) < 4.78 is 0. The maximum Gasteiger partial charge on any atom is 0.394 e. The molecule has 1 amide bonds. The predicted molar refractivity (Wildman–Crippen MR) is 43.8 cm³/mol. The second kappa shape index (κ2) is 4.71. The van der Waals surface area contributed by atoms with Crippen molar-refractivity contribution in [3.63, 3.8) is 0 Å². The Balaban J connectivity index is 3.76. The number of carboxylic acid groups (broad SMARTS) is 1. The highest BCUT2D eigenvalue weighted by atomic mass is 16.4. The molecule has 0 saturated carbocycles. The molecular weight excluding hydrogens is 160 g/mol. The van der Waals surface area contributed by atoms with Crippen LogP contribution in [-0.4, -0.2) is 48.6 Å². The van der Waals surface area contributed by atoms with Gasteiger partial charge in [-0.05, 0) is 21.0 Å². The third-order valence-electron chi connectivity index (χ3n) is 1.21. The summed E-state index contributed by atoms with van der Waals surface area (Å²) in [4.78, 5) is 22.6. The minimum atomic E-state index is -1.44. The fourth-order valence-corrected chi connectivity index (χ4v) is 0.879. The van der Waals surface area contributed by atoms with Crippen LogP contribution in [0, 0.1) is 0 Å².